The largest absolute Gasteiger partial charge is 0.481 e. The van der Waals surface area contributed by atoms with Crippen molar-refractivity contribution in [2.24, 2.45) is 5.92 Å². The van der Waals surface area contributed by atoms with Gasteiger partial charge in [-0.15, -0.1) is 0 Å². The number of nitrogens with one attached hydrogen (secondary N) is 2. The first-order valence-electron chi connectivity index (χ1n) is 12.4. The van der Waals surface area contributed by atoms with Crippen molar-refractivity contribution in [3.8, 4) is 11.1 Å². The molecule has 0 aliphatic heterocycles. The fourth-order valence-electron chi connectivity index (χ4n) is 4.63. The van der Waals surface area contributed by atoms with E-state index in [1.54, 1.807) is 0 Å². The third-order valence-electron chi connectivity index (χ3n) is 6.69. The number of carbonyl (C=O) groups excluding carboxylic acids is 2. The second-order valence-corrected chi connectivity index (χ2v) is 9.41. The summed E-state index contributed by atoms with van der Waals surface area (Å²) in [6, 6.07) is 16.0. The number of carboxylic acids is 1. The number of benzene rings is 2. The van der Waals surface area contributed by atoms with Crippen molar-refractivity contribution in [3.63, 3.8) is 0 Å². The van der Waals surface area contributed by atoms with Crippen LogP contribution in [0.15, 0.2) is 48.5 Å². The van der Waals surface area contributed by atoms with Gasteiger partial charge >= 0.3 is 12.1 Å². The molecule has 0 fully saturated rings. The summed E-state index contributed by atoms with van der Waals surface area (Å²) in [4.78, 5) is 35.7. The molecule has 2 aromatic carbocycles. The summed E-state index contributed by atoms with van der Waals surface area (Å²) in [5, 5.41) is 14.6. The van der Waals surface area contributed by atoms with Gasteiger partial charge < -0.3 is 20.5 Å². The first-order chi connectivity index (χ1) is 16.8. The van der Waals surface area contributed by atoms with Crippen molar-refractivity contribution >= 4 is 18.0 Å². The van der Waals surface area contributed by atoms with Crippen LogP contribution in [0.4, 0.5) is 4.79 Å². The molecule has 2 amide bonds. The predicted octanol–water partition coefficient (Wildman–Crippen LogP) is 5.09. The normalized spacial score (nSPS) is 14.8. The van der Waals surface area contributed by atoms with Gasteiger partial charge in [-0.25, -0.2) is 4.79 Å². The molecular formula is C28H36N2O5. The fourth-order valence-corrected chi connectivity index (χ4v) is 4.63. The number of carbonyl (C=O) groups is 3. The van der Waals surface area contributed by atoms with Gasteiger partial charge in [0.2, 0.25) is 5.91 Å². The lowest BCUT2D eigenvalue weighted by Gasteiger charge is -2.19. The monoisotopic (exact) mass is 480 g/mol. The van der Waals surface area contributed by atoms with E-state index in [9.17, 15) is 14.4 Å². The first kappa shape index (κ1) is 26.3. The van der Waals surface area contributed by atoms with E-state index in [2.05, 4.69) is 34.9 Å². The molecule has 0 heterocycles. The maximum atomic E-state index is 12.4. The van der Waals surface area contributed by atoms with Crippen LogP contribution in [0, 0.1) is 5.92 Å². The number of carboxylic acid groups (broad SMARTS) is 1. The van der Waals surface area contributed by atoms with Crippen LogP contribution in [0.2, 0.25) is 0 Å². The lowest BCUT2D eigenvalue weighted by molar-refractivity contribution is -0.137. The minimum Gasteiger partial charge on any atom is -0.481 e. The third-order valence-corrected chi connectivity index (χ3v) is 6.69. The topological polar surface area (TPSA) is 105 Å². The number of fused-ring (bicyclic) bond motifs is 3. The van der Waals surface area contributed by atoms with Crippen molar-refractivity contribution in [1.29, 1.82) is 0 Å². The van der Waals surface area contributed by atoms with Crippen LogP contribution in [0.3, 0.4) is 0 Å². The minimum atomic E-state index is -0.919. The molecular weight excluding hydrogens is 444 g/mol. The highest BCUT2D eigenvalue weighted by atomic mass is 16.5. The Morgan fingerprint density at radius 1 is 0.943 bits per heavy atom. The molecule has 3 rings (SSSR count). The maximum absolute atomic E-state index is 12.4. The smallest absolute Gasteiger partial charge is 0.407 e. The number of hydrogen-bond donors (Lipinski definition) is 3. The second kappa shape index (κ2) is 12.4. The average Bonchev–Trinajstić information content (AvgIpc) is 3.15. The maximum Gasteiger partial charge on any atom is 0.407 e. The van der Waals surface area contributed by atoms with Crippen LogP contribution in [0.1, 0.15) is 69.9 Å². The Bertz CT molecular complexity index is 992. The molecule has 188 valence electrons. The SMILES string of the molecule is CC[C@H](CC(=O)O)NC(=O)C(C)CCCC(C)NC(=O)OCC1c2ccccc2-c2ccccc21. The van der Waals surface area contributed by atoms with Crippen molar-refractivity contribution in [2.75, 3.05) is 6.61 Å². The minimum absolute atomic E-state index is 0.0240. The van der Waals surface area contributed by atoms with Gasteiger partial charge in [-0.1, -0.05) is 68.8 Å². The molecule has 3 N–H and O–H groups in total. The Balaban J connectivity index is 1.40. The fraction of sp³-hybridized carbons (Fsp3) is 0.464. The van der Waals surface area contributed by atoms with Gasteiger partial charge in [-0.2, -0.15) is 0 Å². The quantitative estimate of drug-likeness (QED) is 0.392. The van der Waals surface area contributed by atoms with E-state index in [1.807, 2.05) is 45.0 Å². The zero-order chi connectivity index (χ0) is 25.4. The Hall–Kier alpha value is -3.35. The zero-order valence-electron chi connectivity index (χ0n) is 20.8. The number of amides is 2. The molecule has 7 nitrogen and oxygen atoms in total. The summed E-state index contributed by atoms with van der Waals surface area (Å²) in [5.74, 6) is -1.25. The molecule has 0 saturated heterocycles. The number of ether oxygens (including phenoxy) is 1. The van der Waals surface area contributed by atoms with Gasteiger partial charge in [0.15, 0.2) is 0 Å². The van der Waals surface area contributed by atoms with E-state index in [1.165, 1.54) is 22.3 Å². The Labute approximate surface area is 207 Å². The number of aliphatic carboxylic acids is 1. The summed E-state index contributed by atoms with van der Waals surface area (Å²) < 4.78 is 5.60. The average molecular weight is 481 g/mol. The van der Waals surface area contributed by atoms with E-state index in [-0.39, 0.29) is 42.9 Å². The molecule has 7 heteroatoms. The zero-order valence-corrected chi connectivity index (χ0v) is 20.8. The summed E-state index contributed by atoms with van der Waals surface area (Å²) >= 11 is 0. The van der Waals surface area contributed by atoms with Gasteiger partial charge in [0.25, 0.3) is 0 Å². The van der Waals surface area contributed by atoms with Crippen LogP contribution < -0.4 is 10.6 Å². The van der Waals surface area contributed by atoms with Gasteiger partial charge in [0.1, 0.15) is 6.61 Å². The highest BCUT2D eigenvalue weighted by Crippen LogP contribution is 2.44. The van der Waals surface area contributed by atoms with E-state index in [0.29, 0.717) is 19.3 Å². The predicted molar refractivity (Wildman–Crippen MR) is 135 cm³/mol. The molecule has 0 spiro atoms. The Morgan fingerprint density at radius 3 is 2.11 bits per heavy atom. The first-order valence-corrected chi connectivity index (χ1v) is 12.4. The van der Waals surface area contributed by atoms with Gasteiger partial charge in [0, 0.05) is 23.9 Å². The van der Waals surface area contributed by atoms with E-state index >= 15 is 0 Å². The standard InChI is InChI=1S/C28H36N2O5/c1-4-20(16-26(31)32)30-27(33)18(2)10-9-11-19(3)29-28(34)35-17-25-23-14-7-5-12-21(23)22-13-6-8-15-24(22)25/h5-8,12-15,18-20,25H,4,9-11,16-17H2,1-3H3,(H,29,34)(H,30,33)(H,31,32)/t18?,19?,20-/m1/s1. The van der Waals surface area contributed by atoms with Gasteiger partial charge in [0.05, 0.1) is 6.42 Å². The van der Waals surface area contributed by atoms with Crippen LogP contribution >= 0.6 is 0 Å². The highest BCUT2D eigenvalue weighted by molar-refractivity contribution is 5.80. The molecule has 2 unspecified atom stereocenters. The van der Waals surface area contributed by atoms with Crippen molar-refractivity contribution < 1.29 is 24.2 Å². The number of alkyl carbamates (subject to hydrolysis) is 1. The van der Waals surface area contributed by atoms with Crippen molar-refractivity contribution in [3.05, 3.63) is 59.7 Å². The molecule has 35 heavy (non-hydrogen) atoms. The lowest BCUT2D eigenvalue weighted by atomic mass is 9.98. The van der Waals surface area contributed by atoms with Gasteiger partial charge in [-0.05, 0) is 48.4 Å². The third kappa shape index (κ3) is 7.07. The molecule has 0 aromatic heterocycles. The Kier molecular flexibility index (Phi) is 9.29. The number of rotatable bonds is 12. The van der Waals surface area contributed by atoms with Crippen LogP contribution in [0.25, 0.3) is 11.1 Å². The molecule has 2 aromatic rings. The van der Waals surface area contributed by atoms with E-state index < -0.39 is 12.1 Å². The molecule has 0 saturated carbocycles. The summed E-state index contributed by atoms with van der Waals surface area (Å²) in [7, 11) is 0. The molecule has 3 atom stereocenters. The van der Waals surface area contributed by atoms with E-state index in [0.717, 1.165) is 6.42 Å². The van der Waals surface area contributed by atoms with Crippen LogP contribution in [-0.4, -0.2) is 41.8 Å². The van der Waals surface area contributed by atoms with Gasteiger partial charge in [-0.3, -0.25) is 9.59 Å². The summed E-state index contributed by atoms with van der Waals surface area (Å²) in [6.45, 7) is 5.90. The molecule has 0 radical (unpaired) electrons. The summed E-state index contributed by atoms with van der Waals surface area (Å²) in [5.41, 5.74) is 4.74. The molecule has 1 aliphatic rings. The number of hydrogen-bond acceptors (Lipinski definition) is 4. The second-order valence-electron chi connectivity index (χ2n) is 9.41. The highest BCUT2D eigenvalue weighted by Gasteiger charge is 2.29. The van der Waals surface area contributed by atoms with Crippen LogP contribution in [-0.2, 0) is 14.3 Å². The van der Waals surface area contributed by atoms with E-state index in [4.69, 9.17) is 9.84 Å². The van der Waals surface area contributed by atoms with Crippen molar-refractivity contribution in [2.45, 2.75) is 70.9 Å². The van der Waals surface area contributed by atoms with Crippen molar-refractivity contribution in [1.82, 2.24) is 10.6 Å². The lowest BCUT2D eigenvalue weighted by Crippen LogP contribution is -2.39. The Morgan fingerprint density at radius 2 is 1.54 bits per heavy atom. The summed E-state index contributed by atoms with van der Waals surface area (Å²) in [6.07, 6.45) is 2.20. The van der Waals surface area contributed by atoms with Crippen LogP contribution in [0.5, 0.6) is 0 Å². The molecule has 0 bridgehead atoms. The molecule has 1 aliphatic carbocycles.